The molecule has 4 aromatic rings. The van der Waals surface area contributed by atoms with Crippen LogP contribution in [0.25, 0.3) is 0 Å². The molecule has 0 amide bonds. The lowest BCUT2D eigenvalue weighted by molar-refractivity contribution is -0.137. The minimum absolute atomic E-state index is 0.00177. The van der Waals surface area contributed by atoms with Gasteiger partial charge in [-0.3, -0.25) is 4.90 Å². The molecule has 4 nitrogen and oxygen atoms in total. The van der Waals surface area contributed by atoms with Crippen LogP contribution in [0.3, 0.4) is 0 Å². The van der Waals surface area contributed by atoms with E-state index in [1.54, 1.807) is 31.4 Å². The number of benzene rings is 4. The second kappa shape index (κ2) is 13.6. The number of hydrogen-bond acceptors (Lipinski definition) is 4. The highest BCUT2D eigenvalue weighted by atomic mass is 35.5. The van der Waals surface area contributed by atoms with E-state index in [1.165, 1.54) is 6.07 Å². The SMILES string of the molecule is COc1ccc(N)cc1OCCCN(Cc1cccc(C(F)(F)F)c1Cl)CC(c1ccccc1)c1ccccc1. The van der Waals surface area contributed by atoms with E-state index in [2.05, 4.69) is 29.2 Å². The third-order valence-corrected chi connectivity index (χ3v) is 7.13. The van der Waals surface area contributed by atoms with Crippen molar-refractivity contribution >= 4 is 17.3 Å². The minimum Gasteiger partial charge on any atom is -0.493 e. The molecule has 0 aromatic heterocycles. The van der Waals surface area contributed by atoms with Gasteiger partial charge in [-0.2, -0.15) is 13.2 Å². The van der Waals surface area contributed by atoms with Gasteiger partial charge in [0.1, 0.15) is 0 Å². The number of nitrogen functional groups attached to an aromatic ring is 1. The lowest BCUT2D eigenvalue weighted by Crippen LogP contribution is -2.31. The Morgan fingerprint density at radius 1 is 0.850 bits per heavy atom. The van der Waals surface area contributed by atoms with Gasteiger partial charge in [0.2, 0.25) is 0 Å². The number of alkyl halides is 3. The van der Waals surface area contributed by atoms with Crippen LogP contribution in [0.1, 0.15) is 34.6 Å². The Balaban J connectivity index is 1.58. The van der Waals surface area contributed by atoms with Crippen molar-refractivity contribution in [3.63, 3.8) is 0 Å². The molecule has 0 heterocycles. The molecule has 2 N–H and O–H groups in total. The number of halogens is 4. The summed E-state index contributed by atoms with van der Waals surface area (Å²) in [5.41, 5.74) is 8.31. The Bertz CT molecular complexity index is 1330. The zero-order chi connectivity index (χ0) is 28.5. The standard InChI is InChI=1S/C32H32ClF3N2O2/c1-39-29-17-16-26(37)20-30(29)40-19-9-18-38(21-25-14-8-15-28(31(25)33)32(34,35)36)22-27(23-10-4-2-5-11-23)24-12-6-3-7-13-24/h2-8,10-17,20,27H,9,18-19,21-22,37H2,1H3. The van der Waals surface area contributed by atoms with Gasteiger partial charge in [0, 0.05) is 37.3 Å². The summed E-state index contributed by atoms with van der Waals surface area (Å²) < 4.78 is 52.1. The number of hydrogen-bond donors (Lipinski definition) is 1. The summed E-state index contributed by atoms with van der Waals surface area (Å²) in [4.78, 5) is 2.13. The van der Waals surface area contributed by atoms with Gasteiger partial charge in [-0.25, -0.2) is 0 Å². The first kappa shape index (κ1) is 29.3. The highest BCUT2D eigenvalue weighted by molar-refractivity contribution is 6.32. The van der Waals surface area contributed by atoms with Gasteiger partial charge in [-0.05, 0) is 41.3 Å². The molecule has 0 saturated carbocycles. The molecule has 0 radical (unpaired) electrons. The molecule has 4 aromatic carbocycles. The molecule has 0 bridgehead atoms. The number of nitrogens with zero attached hydrogens (tertiary/aromatic N) is 1. The number of nitrogens with two attached hydrogens (primary N) is 1. The van der Waals surface area contributed by atoms with Gasteiger partial charge in [0.25, 0.3) is 0 Å². The molecule has 0 aliphatic rings. The first-order valence-electron chi connectivity index (χ1n) is 13.0. The van der Waals surface area contributed by atoms with E-state index < -0.39 is 11.7 Å². The maximum absolute atomic E-state index is 13.6. The fourth-order valence-electron chi connectivity index (χ4n) is 4.71. The third-order valence-electron chi connectivity index (χ3n) is 6.69. The van der Waals surface area contributed by atoms with Gasteiger partial charge < -0.3 is 15.2 Å². The van der Waals surface area contributed by atoms with Crippen molar-refractivity contribution in [2.45, 2.75) is 25.1 Å². The summed E-state index contributed by atoms with van der Waals surface area (Å²) in [6, 6.07) is 29.4. The van der Waals surface area contributed by atoms with Crippen LogP contribution >= 0.6 is 11.6 Å². The van der Waals surface area contributed by atoms with Crippen molar-refractivity contribution in [3.8, 4) is 11.5 Å². The zero-order valence-corrected chi connectivity index (χ0v) is 23.0. The molecule has 0 unspecified atom stereocenters. The van der Waals surface area contributed by atoms with E-state index in [1.807, 2.05) is 36.4 Å². The third kappa shape index (κ3) is 7.71. The lowest BCUT2D eigenvalue weighted by atomic mass is 9.90. The molecule has 0 atom stereocenters. The van der Waals surface area contributed by atoms with Crippen LogP contribution in [0.2, 0.25) is 5.02 Å². The van der Waals surface area contributed by atoms with Crippen molar-refractivity contribution in [3.05, 3.63) is 124 Å². The van der Waals surface area contributed by atoms with Crippen LogP contribution in [0.4, 0.5) is 18.9 Å². The van der Waals surface area contributed by atoms with Gasteiger partial charge >= 0.3 is 6.18 Å². The summed E-state index contributed by atoms with van der Waals surface area (Å²) in [6.07, 6.45) is -3.91. The van der Waals surface area contributed by atoms with E-state index in [4.69, 9.17) is 26.8 Å². The van der Waals surface area contributed by atoms with Crippen molar-refractivity contribution in [1.82, 2.24) is 4.90 Å². The second-order valence-electron chi connectivity index (χ2n) is 9.50. The Kier molecular flexibility index (Phi) is 9.96. The van der Waals surface area contributed by atoms with Crippen LogP contribution in [0.5, 0.6) is 11.5 Å². The largest absolute Gasteiger partial charge is 0.493 e. The van der Waals surface area contributed by atoms with Crippen LogP contribution in [-0.2, 0) is 12.7 Å². The monoisotopic (exact) mass is 568 g/mol. The number of ether oxygens (including phenoxy) is 2. The number of rotatable bonds is 12. The van der Waals surface area contributed by atoms with Gasteiger partial charge in [-0.1, -0.05) is 84.4 Å². The highest BCUT2D eigenvalue weighted by Gasteiger charge is 2.34. The average Bonchev–Trinajstić information content (AvgIpc) is 2.95. The fourth-order valence-corrected chi connectivity index (χ4v) is 5.00. The topological polar surface area (TPSA) is 47.7 Å². The summed E-state index contributed by atoms with van der Waals surface area (Å²) >= 11 is 6.30. The molecule has 4 rings (SSSR count). The highest BCUT2D eigenvalue weighted by Crippen LogP contribution is 2.37. The van der Waals surface area contributed by atoms with E-state index in [0.717, 1.165) is 17.2 Å². The predicted octanol–water partition coefficient (Wildman–Crippen LogP) is 8.05. The molecule has 0 fully saturated rings. The van der Waals surface area contributed by atoms with Gasteiger partial charge in [0.15, 0.2) is 11.5 Å². The normalized spacial score (nSPS) is 11.7. The van der Waals surface area contributed by atoms with Crippen molar-refractivity contribution < 1.29 is 22.6 Å². The Morgan fingerprint density at radius 3 is 2.10 bits per heavy atom. The number of anilines is 1. The second-order valence-corrected chi connectivity index (χ2v) is 9.88. The van der Waals surface area contributed by atoms with E-state index in [9.17, 15) is 13.2 Å². The van der Waals surface area contributed by atoms with E-state index in [-0.39, 0.29) is 17.5 Å². The molecule has 8 heteroatoms. The molecule has 0 spiro atoms. The zero-order valence-electron chi connectivity index (χ0n) is 22.2. The molecule has 0 aliphatic heterocycles. The smallest absolute Gasteiger partial charge is 0.417 e. The summed E-state index contributed by atoms with van der Waals surface area (Å²) in [5, 5.41) is -0.267. The summed E-state index contributed by atoms with van der Waals surface area (Å²) in [6.45, 7) is 1.75. The van der Waals surface area contributed by atoms with Crippen LogP contribution in [0.15, 0.2) is 97.1 Å². The summed E-state index contributed by atoms with van der Waals surface area (Å²) in [7, 11) is 1.56. The molecular formula is C32H32ClF3N2O2. The minimum atomic E-state index is -4.53. The average molecular weight is 569 g/mol. The van der Waals surface area contributed by atoms with Gasteiger partial charge in [0.05, 0.1) is 24.3 Å². The Morgan fingerprint density at radius 2 is 1.50 bits per heavy atom. The lowest BCUT2D eigenvalue weighted by Gasteiger charge is -2.29. The fraction of sp³-hybridized carbons (Fsp3) is 0.250. The van der Waals surface area contributed by atoms with Crippen molar-refractivity contribution in [1.29, 1.82) is 0 Å². The Hall–Kier alpha value is -3.68. The molecule has 40 heavy (non-hydrogen) atoms. The maximum atomic E-state index is 13.6. The van der Waals surface area contributed by atoms with Crippen molar-refractivity contribution in [2.24, 2.45) is 0 Å². The molecule has 0 aliphatic carbocycles. The molecular weight excluding hydrogens is 537 g/mol. The molecule has 0 saturated heterocycles. The van der Waals surface area contributed by atoms with Crippen LogP contribution < -0.4 is 15.2 Å². The number of methoxy groups -OCH3 is 1. The quantitative estimate of drug-likeness (QED) is 0.139. The van der Waals surface area contributed by atoms with Crippen LogP contribution in [0, 0.1) is 0 Å². The first-order chi connectivity index (χ1) is 19.3. The summed E-state index contributed by atoms with van der Waals surface area (Å²) in [5.74, 6) is 1.12. The van der Waals surface area contributed by atoms with E-state index >= 15 is 0 Å². The Labute approximate surface area is 238 Å². The molecule has 210 valence electrons. The van der Waals surface area contributed by atoms with E-state index in [0.29, 0.717) is 48.9 Å². The van der Waals surface area contributed by atoms with Crippen LogP contribution in [-0.4, -0.2) is 31.7 Å². The first-order valence-corrected chi connectivity index (χ1v) is 13.4. The van der Waals surface area contributed by atoms with Crippen molar-refractivity contribution in [2.75, 3.05) is 32.5 Å². The van der Waals surface area contributed by atoms with Gasteiger partial charge in [-0.15, -0.1) is 0 Å². The maximum Gasteiger partial charge on any atom is 0.417 e. The predicted molar refractivity (Wildman–Crippen MR) is 154 cm³/mol.